The minimum Gasteiger partial charge on any atom is -0.430 e. The quantitative estimate of drug-likeness (QED) is 0.0942. The molecule has 1 atom stereocenters. The van der Waals surface area contributed by atoms with Gasteiger partial charge in [0.05, 0.1) is 5.57 Å². The highest BCUT2D eigenvalue weighted by Gasteiger charge is 2.35. The summed E-state index contributed by atoms with van der Waals surface area (Å²) >= 11 is 0. The number of allylic oxidation sites excluding steroid dienone is 13. The molecule has 0 aromatic carbocycles. The molecule has 0 aromatic heterocycles. The summed E-state index contributed by atoms with van der Waals surface area (Å²) < 4.78 is 99.7. The molecule has 0 saturated carbocycles. The molecule has 0 bridgehead atoms. The van der Waals surface area contributed by atoms with Crippen molar-refractivity contribution < 1.29 is 35.5 Å². The lowest BCUT2D eigenvalue weighted by Crippen LogP contribution is -2.21. The predicted octanol–water partition coefficient (Wildman–Crippen LogP) is 11.5. The number of alkyl halides is 5. The average Bonchev–Trinajstić information content (AvgIpc) is 2.86. The Labute approximate surface area is 238 Å². The van der Waals surface area contributed by atoms with Crippen molar-refractivity contribution in [3.8, 4) is 0 Å². The summed E-state index contributed by atoms with van der Waals surface area (Å²) in [5.74, 6) is -1.98. The fourth-order valence-electron chi connectivity index (χ4n) is 2.75. The van der Waals surface area contributed by atoms with Gasteiger partial charge in [-0.3, -0.25) is 0 Å². The highest BCUT2D eigenvalue weighted by atomic mass is 19.4. The largest absolute Gasteiger partial charge is 0.430 e. The van der Waals surface area contributed by atoms with E-state index in [2.05, 4.69) is 71.2 Å². The van der Waals surface area contributed by atoms with Gasteiger partial charge in [0.1, 0.15) is 17.4 Å². The van der Waals surface area contributed by atoms with Crippen molar-refractivity contribution in [3.63, 3.8) is 0 Å². The van der Waals surface area contributed by atoms with Crippen molar-refractivity contribution in [2.24, 2.45) is 11.8 Å². The second-order valence-corrected chi connectivity index (χ2v) is 9.74. The second-order valence-electron chi connectivity index (χ2n) is 9.74. The van der Waals surface area contributed by atoms with Crippen LogP contribution in [0.25, 0.3) is 0 Å². The Morgan fingerprint density at radius 1 is 0.659 bits per heavy atom. The molecule has 0 fully saturated rings. The molecule has 0 heterocycles. The van der Waals surface area contributed by atoms with Crippen molar-refractivity contribution in [1.29, 1.82) is 0 Å². The Morgan fingerprint density at radius 3 is 1.66 bits per heavy atom. The van der Waals surface area contributed by atoms with E-state index in [-0.39, 0.29) is 28.2 Å². The first-order valence-corrected chi connectivity index (χ1v) is 12.4. The molecule has 1 nitrogen and oxygen atoms in total. The van der Waals surface area contributed by atoms with Crippen LogP contribution >= 0.6 is 0 Å². The van der Waals surface area contributed by atoms with Gasteiger partial charge in [0.25, 0.3) is 0 Å². The van der Waals surface area contributed by atoms with Gasteiger partial charge in [-0.2, -0.15) is 22.0 Å². The van der Waals surface area contributed by atoms with E-state index in [0.29, 0.717) is 23.6 Å². The van der Waals surface area contributed by atoms with Gasteiger partial charge in [0.2, 0.25) is 0 Å². The molecule has 41 heavy (non-hydrogen) atoms. The fraction of sp³-hybridized carbons (Fsp3) is 0.273. The maximum Gasteiger partial charge on any atom is 0.426 e. The number of rotatable bonds is 17. The lowest BCUT2D eigenvalue weighted by atomic mass is 9.92. The molecule has 0 saturated heterocycles. The van der Waals surface area contributed by atoms with Gasteiger partial charge < -0.3 is 4.74 Å². The van der Waals surface area contributed by atoms with Crippen molar-refractivity contribution in [3.05, 3.63) is 146 Å². The lowest BCUT2D eigenvalue weighted by Gasteiger charge is -2.18. The predicted molar refractivity (Wildman–Crippen MR) is 155 cm³/mol. The summed E-state index contributed by atoms with van der Waals surface area (Å²) in [4.78, 5) is 0. The average molecular weight is 583 g/mol. The Balaban J connectivity index is 5.32. The van der Waals surface area contributed by atoms with Crippen LogP contribution in [0.2, 0.25) is 0 Å². The van der Waals surface area contributed by atoms with Crippen LogP contribution in [0.4, 0.5) is 30.7 Å². The SMILES string of the molecule is C=C(/C=C\C(=C)C(F)(F)F)OC(F)(F)C(=C)/C=C\C(=C)C(=C)/C(F)=C\C(=C)C(=C)/C(F)=C\C(=C)C(C)CCC(C)C. The van der Waals surface area contributed by atoms with E-state index >= 15 is 0 Å². The monoisotopic (exact) mass is 582 g/mol. The molecule has 8 heteroatoms. The van der Waals surface area contributed by atoms with Crippen LogP contribution in [0.15, 0.2) is 146 Å². The van der Waals surface area contributed by atoms with Gasteiger partial charge >= 0.3 is 12.3 Å². The van der Waals surface area contributed by atoms with E-state index in [4.69, 9.17) is 0 Å². The Kier molecular flexibility index (Phi) is 14.4. The van der Waals surface area contributed by atoms with E-state index in [1.54, 1.807) is 0 Å². The van der Waals surface area contributed by atoms with Crippen molar-refractivity contribution in [2.75, 3.05) is 0 Å². The highest BCUT2D eigenvalue weighted by Crippen LogP contribution is 2.31. The summed E-state index contributed by atoms with van der Waals surface area (Å²) in [5, 5.41) is 0. The van der Waals surface area contributed by atoms with Crippen LogP contribution < -0.4 is 0 Å². The minimum absolute atomic E-state index is 0.0304. The molecule has 0 amide bonds. The first-order chi connectivity index (χ1) is 18.6. The van der Waals surface area contributed by atoms with E-state index in [1.807, 2.05) is 6.92 Å². The molecule has 0 radical (unpaired) electrons. The normalized spacial score (nSPS) is 13.8. The summed E-state index contributed by atoms with van der Waals surface area (Å²) in [6, 6.07) is 0. The van der Waals surface area contributed by atoms with Crippen LogP contribution in [0, 0.1) is 11.8 Å². The van der Waals surface area contributed by atoms with E-state index < -0.39 is 40.8 Å². The molecule has 0 spiro atoms. The number of hydrogen-bond acceptors (Lipinski definition) is 1. The molecule has 0 rings (SSSR count). The van der Waals surface area contributed by atoms with Gasteiger partial charge in [0.15, 0.2) is 0 Å². The summed E-state index contributed by atoms with van der Waals surface area (Å²) in [6.45, 7) is 33.3. The van der Waals surface area contributed by atoms with E-state index in [1.165, 1.54) is 6.08 Å². The Hall–Kier alpha value is -3.81. The Bertz CT molecular complexity index is 1210. The van der Waals surface area contributed by atoms with Crippen LogP contribution in [-0.4, -0.2) is 12.3 Å². The number of ether oxygens (including phenoxy) is 1. The highest BCUT2D eigenvalue weighted by molar-refractivity contribution is 5.54. The minimum atomic E-state index is -4.75. The third-order valence-electron chi connectivity index (χ3n) is 5.73. The summed E-state index contributed by atoms with van der Waals surface area (Å²) in [7, 11) is 0. The number of halogens is 7. The first kappa shape index (κ1) is 37.2. The van der Waals surface area contributed by atoms with Gasteiger partial charge in [-0.25, -0.2) is 8.78 Å². The molecule has 0 aliphatic carbocycles. The molecule has 224 valence electrons. The van der Waals surface area contributed by atoms with Crippen LogP contribution in [0.3, 0.4) is 0 Å². The molecule has 0 aliphatic rings. The second kappa shape index (κ2) is 15.8. The van der Waals surface area contributed by atoms with Gasteiger partial charge in [-0.1, -0.05) is 85.9 Å². The molecule has 0 N–H and O–H groups in total. The third-order valence-corrected chi connectivity index (χ3v) is 5.73. The standard InChI is InChI=1S/C33H37F7O/c1-20(2)12-13-21(3)23(5)18-30(34)29(11)24(6)19-31(35)28(10)22(4)14-15-26(8)33(39,40)41-27(9)17-16-25(7)32(36,37)38/h14-21H,4-13H2,1-3H3/b15-14-,17-16-,30-18+,31-19+. The molecular formula is C33H37F7O. The molecule has 0 aliphatic heterocycles. The van der Waals surface area contributed by atoms with Crippen molar-refractivity contribution in [2.45, 2.75) is 45.9 Å². The van der Waals surface area contributed by atoms with Crippen LogP contribution in [0.5, 0.6) is 0 Å². The molecule has 0 aromatic rings. The first-order valence-electron chi connectivity index (χ1n) is 12.4. The maximum absolute atomic E-state index is 14.8. The van der Waals surface area contributed by atoms with Gasteiger partial charge in [-0.15, -0.1) is 0 Å². The van der Waals surface area contributed by atoms with Gasteiger partial charge in [-0.05, 0) is 65.4 Å². The maximum atomic E-state index is 14.8. The number of hydrogen-bond donors (Lipinski definition) is 0. The van der Waals surface area contributed by atoms with E-state index in [9.17, 15) is 30.7 Å². The zero-order valence-electron chi connectivity index (χ0n) is 23.7. The molecular weight excluding hydrogens is 545 g/mol. The van der Waals surface area contributed by atoms with Crippen molar-refractivity contribution >= 4 is 0 Å². The zero-order valence-corrected chi connectivity index (χ0v) is 23.7. The van der Waals surface area contributed by atoms with Crippen molar-refractivity contribution in [1.82, 2.24) is 0 Å². The van der Waals surface area contributed by atoms with Crippen LogP contribution in [-0.2, 0) is 4.74 Å². The van der Waals surface area contributed by atoms with Gasteiger partial charge in [0, 0.05) is 16.7 Å². The molecule has 1 unspecified atom stereocenters. The fourth-order valence-corrected chi connectivity index (χ4v) is 2.75. The topological polar surface area (TPSA) is 9.23 Å². The van der Waals surface area contributed by atoms with Crippen LogP contribution in [0.1, 0.15) is 33.6 Å². The smallest absolute Gasteiger partial charge is 0.426 e. The summed E-state index contributed by atoms with van der Waals surface area (Å²) in [6.07, 6.45) is -2.21. The third kappa shape index (κ3) is 13.4. The lowest BCUT2D eigenvalue weighted by molar-refractivity contribution is -0.175. The Morgan fingerprint density at radius 2 is 1.15 bits per heavy atom. The van der Waals surface area contributed by atoms with E-state index in [0.717, 1.165) is 31.1 Å². The zero-order chi connectivity index (χ0) is 32.3. The summed E-state index contributed by atoms with van der Waals surface area (Å²) in [5.41, 5.74) is -2.41.